The van der Waals surface area contributed by atoms with Gasteiger partial charge in [-0.05, 0) is 72.4 Å². The van der Waals surface area contributed by atoms with Crippen LogP contribution in [0.5, 0.6) is 5.75 Å². The number of ether oxygens (including phenoxy) is 2. The molecule has 0 aliphatic heterocycles. The smallest absolute Gasteiger partial charge is 0.337 e. The second-order valence-corrected chi connectivity index (χ2v) is 16.6. The van der Waals surface area contributed by atoms with Crippen molar-refractivity contribution in [3.05, 3.63) is 101 Å². The first-order valence-corrected chi connectivity index (χ1v) is 16.8. The first-order valence-electron chi connectivity index (χ1n) is 13.9. The Bertz CT molecular complexity index is 1240. The second kappa shape index (κ2) is 14.1. The minimum atomic E-state index is -2.11. The Morgan fingerprint density at radius 1 is 0.975 bits per heavy atom. The van der Waals surface area contributed by atoms with E-state index in [1.165, 1.54) is 7.11 Å². The van der Waals surface area contributed by atoms with Crippen LogP contribution >= 0.6 is 0 Å². The lowest BCUT2D eigenvalue weighted by atomic mass is 10.0. The number of methoxy groups -OCH3 is 1. The third-order valence-electron chi connectivity index (χ3n) is 7.65. The molecule has 0 bridgehead atoms. The van der Waals surface area contributed by atoms with Crippen LogP contribution in [0.3, 0.4) is 0 Å². The largest absolute Gasteiger partial charge is 0.489 e. The van der Waals surface area contributed by atoms with Crippen molar-refractivity contribution >= 4 is 14.3 Å². The van der Waals surface area contributed by atoms with E-state index >= 15 is 0 Å². The van der Waals surface area contributed by atoms with Crippen LogP contribution in [-0.2, 0) is 28.8 Å². The topological polar surface area (TPSA) is 77.0 Å². The summed E-state index contributed by atoms with van der Waals surface area (Å²) in [5, 5.41) is 13.9. The normalized spacial score (nSPS) is 13.5. The third kappa shape index (κ3) is 8.76. The lowest BCUT2D eigenvalue weighted by molar-refractivity contribution is 0.0600. The summed E-state index contributed by atoms with van der Waals surface area (Å²) in [7, 11) is -0.712. The summed E-state index contributed by atoms with van der Waals surface area (Å²) in [6.07, 6.45) is 0.560. The fourth-order valence-corrected chi connectivity index (χ4v) is 5.52. The molecule has 3 aromatic rings. The van der Waals surface area contributed by atoms with Gasteiger partial charge in [-0.25, -0.2) is 4.79 Å². The van der Waals surface area contributed by atoms with Crippen molar-refractivity contribution in [2.75, 3.05) is 13.7 Å². The standard InChI is InChI=1S/C33H45NO5Si/c1-24(18-26-14-11-15-28(19-26)32(36)37-5)34-21-31(39-40(6,7)33(2,3)4)27-16-17-30(29(20-27)22-35)38-23-25-12-9-8-10-13-25/h8-17,19-20,24,31,34-35H,18,21-23H2,1-7H3/t24-,31-/m1/s1. The van der Waals surface area contributed by atoms with Gasteiger partial charge in [0, 0.05) is 18.2 Å². The summed E-state index contributed by atoms with van der Waals surface area (Å²) in [5.74, 6) is 0.342. The van der Waals surface area contributed by atoms with Gasteiger partial charge in [-0.1, -0.05) is 69.3 Å². The number of rotatable bonds is 13. The van der Waals surface area contributed by atoms with Gasteiger partial charge in [-0.3, -0.25) is 0 Å². The molecule has 2 atom stereocenters. The van der Waals surface area contributed by atoms with Crippen molar-refractivity contribution in [3.63, 3.8) is 0 Å². The SMILES string of the molecule is COC(=O)c1cccc(C[C@@H](C)NC[C@@H](O[Si](C)(C)C(C)(C)C)c2ccc(OCc3ccccc3)c(CO)c2)c1. The molecule has 0 aliphatic carbocycles. The lowest BCUT2D eigenvalue weighted by Crippen LogP contribution is -2.44. The van der Waals surface area contributed by atoms with Crippen LogP contribution in [0.2, 0.25) is 18.1 Å². The number of nitrogens with one attached hydrogen (secondary N) is 1. The predicted octanol–water partition coefficient (Wildman–Crippen LogP) is 6.83. The van der Waals surface area contributed by atoms with E-state index < -0.39 is 8.32 Å². The number of benzene rings is 3. The van der Waals surface area contributed by atoms with E-state index in [-0.39, 0.29) is 29.8 Å². The van der Waals surface area contributed by atoms with Gasteiger partial charge in [-0.2, -0.15) is 0 Å². The van der Waals surface area contributed by atoms with E-state index in [0.29, 0.717) is 24.5 Å². The molecule has 3 rings (SSSR count). The fourth-order valence-electron chi connectivity index (χ4n) is 4.24. The summed E-state index contributed by atoms with van der Waals surface area (Å²) >= 11 is 0. The minimum Gasteiger partial charge on any atom is -0.489 e. The zero-order valence-electron chi connectivity index (χ0n) is 25.0. The molecule has 0 aliphatic rings. The number of carbonyl (C=O) groups excluding carboxylic acids is 1. The van der Waals surface area contributed by atoms with E-state index in [1.807, 2.05) is 66.7 Å². The van der Waals surface area contributed by atoms with Crippen molar-refractivity contribution in [2.24, 2.45) is 0 Å². The van der Waals surface area contributed by atoms with Crippen molar-refractivity contribution in [1.29, 1.82) is 0 Å². The number of aliphatic hydroxyl groups excluding tert-OH is 1. The molecule has 2 N–H and O–H groups in total. The maximum absolute atomic E-state index is 11.9. The average molecular weight is 564 g/mol. The number of hydrogen-bond donors (Lipinski definition) is 2. The van der Waals surface area contributed by atoms with Gasteiger partial charge in [0.2, 0.25) is 0 Å². The van der Waals surface area contributed by atoms with Gasteiger partial charge in [0.25, 0.3) is 0 Å². The van der Waals surface area contributed by atoms with Crippen LogP contribution in [0.1, 0.15) is 66.4 Å². The number of aliphatic hydroxyl groups is 1. The molecular formula is C33H45NO5Si. The van der Waals surface area contributed by atoms with Gasteiger partial charge < -0.3 is 24.3 Å². The lowest BCUT2D eigenvalue weighted by Gasteiger charge is -2.40. The zero-order valence-corrected chi connectivity index (χ0v) is 26.0. The summed E-state index contributed by atoms with van der Waals surface area (Å²) in [6, 6.07) is 23.7. The van der Waals surface area contributed by atoms with Crippen LogP contribution < -0.4 is 10.1 Å². The number of hydrogen-bond acceptors (Lipinski definition) is 6. The summed E-state index contributed by atoms with van der Waals surface area (Å²) in [6.45, 7) is 14.3. The first-order chi connectivity index (χ1) is 18.9. The highest BCUT2D eigenvalue weighted by molar-refractivity contribution is 6.74. The van der Waals surface area contributed by atoms with Crippen molar-refractivity contribution < 1.29 is 23.8 Å². The van der Waals surface area contributed by atoms with E-state index in [4.69, 9.17) is 13.9 Å². The Hall–Kier alpha value is -2.97. The van der Waals surface area contributed by atoms with E-state index in [0.717, 1.165) is 28.7 Å². The molecule has 216 valence electrons. The van der Waals surface area contributed by atoms with Crippen molar-refractivity contribution in [2.45, 2.75) is 77.6 Å². The minimum absolute atomic E-state index is 0.0454. The monoisotopic (exact) mass is 563 g/mol. The predicted molar refractivity (Wildman–Crippen MR) is 163 cm³/mol. The molecule has 0 radical (unpaired) electrons. The van der Waals surface area contributed by atoms with E-state index in [9.17, 15) is 9.90 Å². The molecule has 0 fully saturated rings. The molecule has 40 heavy (non-hydrogen) atoms. The van der Waals surface area contributed by atoms with Crippen LogP contribution in [0, 0.1) is 0 Å². The molecule has 0 unspecified atom stereocenters. The number of esters is 1. The van der Waals surface area contributed by atoms with Crippen LogP contribution in [0.4, 0.5) is 0 Å². The highest BCUT2D eigenvalue weighted by Crippen LogP contribution is 2.40. The highest BCUT2D eigenvalue weighted by Gasteiger charge is 2.39. The van der Waals surface area contributed by atoms with E-state index in [1.54, 1.807) is 6.07 Å². The molecule has 3 aromatic carbocycles. The van der Waals surface area contributed by atoms with Crippen molar-refractivity contribution in [3.8, 4) is 5.75 Å². The van der Waals surface area contributed by atoms with Gasteiger partial charge in [0.1, 0.15) is 12.4 Å². The molecule has 7 heteroatoms. The highest BCUT2D eigenvalue weighted by atomic mass is 28.4. The zero-order chi connectivity index (χ0) is 29.3. The Morgan fingerprint density at radius 3 is 2.33 bits per heavy atom. The average Bonchev–Trinajstić information content (AvgIpc) is 2.93. The van der Waals surface area contributed by atoms with Gasteiger partial charge in [-0.15, -0.1) is 0 Å². The Balaban J connectivity index is 1.78. The molecule has 0 saturated heterocycles. The summed E-state index contributed by atoms with van der Waals surface area (Å²) in [5.41, 5.74) is 4.44. The molecule has 0 saturated carbocycles. The molecule has 0 heterocycles. The fraction of sp³-hybridized carbons (Fsp3) is 0.424. The molecule has 0 spiro atoms. The molecule has 0 aromatic heterocycles. The van der Waals surface area contributed by atoms with Gasteiger partial charge in [0.15, 0.2) is 8.32 Å². The summed E-state index contributed by atoms with van der Waals surface area (Å²) < 4.78 is 17.8. The Morgan fingerprint density at radius 2 is 1.68 bits per heavy atom. The third-order valence-corrected chi connectivity index (χ3v) is 12.1. The Labute approximate surface area is 240 Å². The Kier molecular flexibility index (Phi) is 11.1. The van der Waals surface area contributed by atoms with Gasteiger partial charge in [0.05, 0.1) is 25.4 Å². The van der Waals surface area contributed by atoms with Crippen LogP contribution in [-0.4, -0.2) is 39.1 Å². The summed E-state index contributed by atoms with van der Waals surface area (Å²) in [4.78, 5) is 11.9. The molecule has 0 amide bonds. The van der Waals surface area contributed by atoms with Gasteiger partial charge >= 0.3 is 5.97 Å². The van der Waals surface area contributed by atoms with E-state index in [2.05, 4.69) is 46.1 Å². The van der Waals surface area contributed by atoms with Crippen LogP contribution in [0.25, 0.3) is 0 Å². The molecule has 6 nitrogen and oxygen atoms in total. The van der Waals surface area contributed by atoms with Crippen LogP contribution in [0.15, 0.2) is 72.8 Å². The maximum atomic E-state index is 11.9. The molecular weight excluding hydrogens is 518 g/mol. The second-order valence-electron chi connectivity index (χ2n) is 11.9. The quantitative estimate of drug-likeness (QED) is 0.175. The maximum Gasteiger partial charge on any atom is 0.337 e. The first kappa shape index (κ1) is 31.6. The van der Waals surface area contributed by atoms with Crippen molar-refractivity contribution in [1.82, 2.24) is 5.32 Å². The number of carbonyl (C=O) groups is 1.